The number of esters is 8. The molecule has 19 nitrogen and oxygen atoms in total. The van der Waals surface area contributed by atoms with E-state index >= 15 is 0 Å². The van der Waals surface area contributed by atoms with E-state index in [4.69, 9.17) is 52.1 Å². The van der Waals surface area contributed by atoms with Crippen molar-refractivity contribution in [3.63, 3.8) is 0 Å². The maximum atomic E-state index is 12.3. The van der Waals surface area contributed by atoms with Gasteiger partial charge in [0, 0.05) is 55.4 Å². The number of ether oxygens (including phenoxy) is 11. The predicted octanol–water partition coefficient (Wildman–Crippen LogP) is -0.831. The van der Waals surface area contributed by atoms with Crippen LogP contribution in [0, 0.1) is 0 Å². The van der Waals surface area contributed by atoms with Gasteiger partial charge in [0.25, 0.3) is 0 Å². The highest BCUT2D eigenvalue weighted by Crippen LogP contribution is 2.35. The summed E-state index contributed by atoms with van der Waals surface area (Å²) in [5.74, 6) is -7.02. The lowest BCUT2D eigenvalue weighted by molar-refractivity contribution is -0.357. The van der Waals surface area contributed by atoms with Crippen molar-refractivity contribution in [2.45, 2.75) is 117 Å². The van der Waals surface area contributed by atoms with Gasteiger partial charge in [-0.25, -0.2) is 0 Å². The zero-order valence-corrected chi connectivity index (χ0v) is 26.9. The molecule has 0 N–H and O–H groups in total. The number of hydrogen-bond donors (Lipinski definition) is 0. The van der Waals surface area contributed by atoms with Gasteiger partial charge in [0.05, 0.1) is 0 Å². The van der Waals surface area contributed by atoms with E-state index < -0.39 is 122 Å². The van der Waals surface area contributed by atoms with Gasteiger partial charge in [-0.15, -0.1) is 0 Å². The molecule has 264 valence electrons. The summed E-state index contributed by atoms with van der Waals surface area (Å²) in [5.41, 5.74) is 0. The van der Waals surface area contributed by atoms with Gasteiger partial charge in [0.1, 0.15) is 31.5 Å². The maximum absolute atomic E-state index is 12.3. The van der Waals surface area contributed by atoms with Gasteiger partial charge in [0.15, 0.2) is 30.7 Å². The van der Waals surface area contributed by atoms with Gasteiger partial charge in [-0.05, 0) is 0 Å². The summed E-state index contributed by atoms with van der Waals surface area (Å²) in [4.78, 5) is 96.3. The molecule has 2 aliphatic heterocycles. The van der Waals surface area contributed by atoms with Crippen molar-refractivity contribution >= 4 is 47.8 Å². The first-order valence-corrected chi connectivity index (χ1v) is 14.2. The minimum atomic E-state index is -1.83. The predicted molar refractivity (Wildman–Crippen MR) is 145 cm³/mol. The van der Waals surface area contributed by atoms with Crippen LogP contribution < -0.4 is 0 Å². The normalized spacial score (nSPS) is 30.0. The van der Waals surface area contributed by atoms with E-state index in [1.165, 1.54) is 0 Å². The molecule has 2 fully saturated rings. The number of hydrogen-bond acceptors (Lipinski definition) is 19. The standard InChI is InChI=1S/C28H38O19/c1-11(29)37-9-19-21(39-13(3)31)23(40-14(4)32)26(43-17(7)35)28(46-19)47-22-20(10-38-12(2)30)45-27(44-18(8)36)25(42-16(6)34)24(22)41-15(5)33/h19-28H,9-10H2,1-8H3/t19-,20-,21-,22-,23+,24+,25+,26+,27+,28+/m1/s1. The third-order valence-corrected chi connectivity index (χ3v) is 6.17. The molecular formula is C28H38O19. The third-order valence-electron chi connectivity index (χ3n) is 6.17. The van der Waals surface area contributed by atoms with E-state index in [9.17, 15) is 38.4 Å². The summed E-state index contributed by atoms with van der Waals surface area (Å²) in [6.07, 6.45) is -16.3. The first-order valence-electron chi connectivity index (χ1n) is 14.2. The highest BCUT2D eigenvalue weighted by Gasteiger charge is 2.58. The van der Waals surface area contributed by atoms with E-state index in [1.807, 2.05) is 0 Å². The van der Waals surface area contributed by atoms with Crippen LogP contribution in [0.2, 0.25) is 0 Å². The van der Waals surface area contributed by atoms with Crippen LogP contribution in [0.1, 0.15) is 55.4 Å². The highest BCUT2D eigenvalue weighted by atomic mass is 16.8. The molecule has 47 heavy (non-hydrogen) atoms. The molecule has 0 aromatic heterocycles. The summed E-state index contributed by atoms with van der Waals surface area (Å²) in [5, 5.41) is 0. The molecule has 10 atom stereocenters. The third kappa shape index (κ3) is 12.1. The fourth-order valence-electron chi connectivity index (χ4n) is 4.73. The fraction of sp³-hybridized carbons (Fsp3) is 0.714. The molecule has 2 aliphatic rings. The van der Waals surface area contributed by atoms with Crippen LogP contribution >= 0.6 is 0 Å². The van der Waals surface area contributed by atoms with Gasteiger partial charge in [-0.3, -0.25) is 38.4 Å². The number of carbonyl (C=O) groups excluding carboxylic acids is 8. The Hall–Kier alpha value is -4.36. The van der Waals surface area contributed by atoms with Crippen LogP contribution in [0.5, 0.6) is 0 Å². The van der Waals surface area contributed by atoms with E-state index in [2.05, 4.69) is 0 Å². The first kappa shape index (κ1) is 38.8. The van der Waals surface area contributed by atoms with Crippen LogP contribution in [0.15, 0.2) is 0 Å². The molecule has 0 aromatic carbocycles. The molecule has 2 heterocycles. The summed E-state index contributed by atoms with van der Waals surface area (Å²) >= 11 is 0. The highest BCUT2D eigenvalue weighted by molar-refractivity contribution is 5.70. The average molecular weight is 679 g/mol. The second kappa shape index (κ2) is 17.5. The maximum Gasteiger partial charge on any atom is 0.305 e. The van der Waals surface area contributed by atoms with Crippen molar-refractivity contribution in [2.24, 2.45) is 0 Å². The van der Waals surface area contributed by atoms with Gasteiger partial charge in [-0.1, -0.05) is 0 Å². The Kier molecular flexibility index (Phi) is 14.5. The van der Waals surface area contributed by atoms with Gasteiger partial charge in [-0.2, -0.15) is 0 Å². The lowest BCUT2D eigenvalue weighted by Gasteiger charge is -2.48. The molecule has 0 saturated carbocycles. The zero-order valence-electron chi connectivity index (χ0n) is 26.9. The number of carbonyl (C=O) groups is 8. The molecule has 0 bridgehead atoms. The van der Waals surface area contributed by atoms with Gasteiger partial charge >= 0.3 is 47.8 Å². The van der Waals surface area contributed by atoms with Crippen molar-refractivity contribution in [1.29, 1.82) is 0 Å². The van der Waals surface area contributed by atoms with Crippen LogP contribution in [0.4, 0.5) is 0 Å². The summed E-state index contributed by atoms with van der Waals surface area (Å²) in [6, 6.07) is 0. The number of rotatable bonds is 12. The minimum absolute atomic E-state index is 0.590. The molecule has 0 radical (unpaired) electrons. The first-order chi connectivity index (χ1) is 21.9. The molecule has 2 saturated heterocycles. The summed E-state index contributed by atoms with van der Waals surface area (Å²) < 4.78 is 60.2. The van der Waals surface area contributed by atoms with Crippen LogP contribution in [0.3, 0.4) is 0 Å². The van der Waals surface area contributed by atoms with E-state index in [1.54, 1.807) is 0 Å². The van der Waals surface area contributed by atoms with Crippen molar-refractivity contribution in [1.82, 2.24) is 0 Å². The van der Waals surface area contributed by atoms with E-state index in [0.29, 0.717) is 0 Å². The van der Waals surface area contributed by atoms with Crippen LogP contribution in [-0.4, -0.2) is 122 Å². The lowest BCUT2D eigenvalue weighted by atomic mass is 9.96. The quantitative estimate of drug-likeness (QED) is 0.181. The Labute approximate surface area is 268 Å². The fourth-order valence-corrected chi connectivity index (χ4v) is 4.73. The largest absolute Gasteiger partial charge is 0.463 e. The summed E-state index contributed by atoms with van der Waals surface area (Å²) in [7, 11) is 0. The molecule has 0 unspecified atom stereocenters. The topological polar surface area (TPSA) is 238 Å². The Morgan fingerprint density at radius 1 is 0.383 bits per heavy atom. The molecule has 19 heteroatoms. The molecule has 2 rings (SSSR count). The van der Waals surface area contributed by atoms with E-state index in [0.717, 1.165) is 55.4 Å². The van der Waals surface area contributed by atoms with Crippen molar-refractivity contribution in [3.8, 4) is 0 Å². The van der Waals surface area contributed by atoms with Crippen LogP contribution in [-0.2, 0) is 90.5 Å². The molecule has 0 aromatic rings. The average Bonchev–Trinajstić information content (AvgIpc) is 2.91. The lowest BCUT2D eigenvalue weighted by Crippen LogP contribution is -2.67. The second-order valence-electron chi connectivity index (χ2n) is 10.3. The Bertz CT molecular complexity index is 1200. The van der Waals surface area contributed by atoms with Crippen molar-refractivity contribution in [2.75, 3.05) is 13.2 Å². The molecule has 0 aliphatic carbocycles. The Balaban J connectivity index is 2.73. The molecule has 0 spiro atoms. The zero-order chi connectivity index (χ0) is 35.6. The van der Waals surface area contributed by atoms with Crippen LogP contribution in [0.25, 0.3) is 0 Å². The minimum Gasteiger partial charge on any atom is -0.463 e. The van der Waals surface area contributed by atoms with E-state index in [-0.39, 0.29) is 0 Å². The van der Waals surface area contributed by atoms with Crippen molar-refractivity contribution < 1.29 is 90.5 Å². The molecular weight excluding hydrogens is 640 g/mol. The SMILES string of the molecule is CC(=O)OC[C@H]1O[C@@H](O[C@H]2[C@H](OC(C)=O)[C@H](OC(C)=O)[C@@H](OC(C)=O)O[C@@H]2COC(C)=O)[C@@H](OC(C)=O)[C@@H](OC(C)=O)[C@@H]1OC(C)=O. The van der Waals surface area contributed by atoms with Gasteiger partial charge < -0.3 is 52.1 Å². The summed E-state index contributed by atoms with van der Waals surface area (Å²) in [6.45, 7) is 7.05. The second-order valence-corrected chi connectivity index (χ2v) is 10.3. The monoisotopic (exact) mass is 678 g/mol. The smallest absolute Gasteiger partial charge is 0.305 e. The van der Waals surface area contributed by atoms with Crippen molar-refractivity contribution in [3.05, 3.63) is 0 Å². The van der Waals surface area contributed by atoms with Gasteiger partial charge in [0.2, 0.25) is 12.4 Å². The molecule has 0 amide bonds. The Morgan fingerprint density at radius 2 is 0.702 bits per heavy atom. The Morgan fingerprint density at radius 3 is 1.11 bits per heavy atom.